The number of nitrogens with two attached hydrogens (primary N) is 1. The second-order valence-electron chi connectivity index (χ2n) is 5.02. The maximum Gasteiger partial charge on any atom is 0.185 e. The van der Waals surface area contributed by atoms with E-state index in [9.17, 15) is 0 Å². The highest BCUT2D eigenvalue weighted by atomic mass is 32.1. The van der Waals surface area contributed by atoms with Gasteiger partial charge in [-0.3, -0.25) is 4.98 Å². The van der Waals surface area contributed by atoms with Gasteiger partial charge in [-0.15, -0.1) is 11.3 Å². The Morgan fingerprint density at radius 2 is 2.21 bits per heavy atom. The highest BCUT2D eigenvalue weighted by Gasteiger charge is 2.22. The van der Waals surface area contributed by atoms with E-state index in [2.05, 4.69) is 16.9 Å². The Labute approximate surface area is 117 Å². The summed E-state index contributed by atoms with van der Waals surface area (Å²) in [5, 5.41) is 1.07. The van der Waals surface area contributed by atoms with E-state index in [1.807, 2.05) is 24.5 Å². The summed E-state index contributed by atoms with van der Waals surface area (Å²) < 4.78 is 0. The summed E-state index contributed by atoms with van der Waals surface area (Å²) in [5.74, 6) is 0. The third-order valence-electron chi connectivity index (χ3n) is 3.48. The van der Waals surface area contributed by atoms with Crippen LogP contribution in [0.25, 0.3) is 0 Å². The van der Waals surface area contributed by atoms with Gasteiger partial charge in [-0.1, -0.05) is 0 Å². The van der Waals surface area contributed by atoms with Crippen LogP contribution in [-0.4, -0.2) is 17.0 Å². The van der Waals surface area contributed by atoms with Crippen LogP contribution in [0.3, 0.4) is 0 Å². The van der Waals surface area contributed by atoms with Crippen molar-refractivity contribution in [2.45, 2.75) is 31.8 Å². The normalized spacial score (nSPS) is 18.1. The van der Waals surface area contributed by atoms with Gasteiger partial charge in [-0.2, -0.15) is 0 Å². The summed E-state index contributed by atoms with van der Waals surface area (Å²) in [5.41, 5.74) is 8.49. The van der Waals surface area contributed by atoms with Crippen LogP contribution in [0.2, 0.25) is 0 Å². The van der Waals surface area contributed by atoms with E-state index in [4.69, 9.17) is 10.7 Å². The van der Waals surface area contributed by atoms with Crippen molar-refractivity contribution in [1.82, 2.24) is 9.97 Å². The standard InChI is InChI=1S/C14H18N4S/c1-18(9-10-5-7-16-8-6-10)14-17-13-11(15)3-2-4-12(13)19-14/h5-8,11H,2-4,9,15H2,1H3. The zero-order valence-corrected chi connectivity index (χ0v) is 11.9. The van der Waals surface area contributed by atoms with E-state index in [0.717, 1.165) is 30.2 Å². The summed E-state index contributed by atoms with van der Waals surface area (Å²) in [6.45, 7) is 0.851. The lowest BCUT2D eigenvalue weighted by atomic mass is 9.99. The lowest BCUT2D eigenvalue weighted by Crippen LogP contribution is -2.18. The Kier molecular flexibility index (Phi) is 3.48. The first-order chi connectivity index (χ1) is 9.24. The fourth-order valence-corrected chi connectivity index (χ4v) is 3.56. The van der Waals surface area contributed by atoms with Crippen molar-refractivity contribution in [2.24, 2.45) is 5.73 Å². The summed E-state index contributed by atoms with van der Waals surface area (Å²) in [6.07, 6.45) is 7.02. The molecule has 3 rings (SSSR count). The van der Waals surface area contributed by atoms with Crippen LogP contribution in [0.1, 0.15) is 35.0 Å². The molecule has 19 heavy (non-hydrogen) atoms. The summed E-state index contributed by atoms with van der Waals surface area (Å²) >= 11 is 1.79. The van der Waals surface area contributed by atoms with Crippen molar-refractivity contribution in [1.29, 1.82) is 0 Å². The van der Waals surface area contributed by atoms with Crippen LogP contribution in [-0.2, 0) is 13.0 Å². The van der Waals surface area contributed by atoms with E-state index < -0.39 is 0 Å². The first-order valence-corrected chi connectivity index (χ1v) is 7.41. The van der Waals surface area contributed by atoms with Gasteiger partial charge in [-0.05, 0) is 37.0 Å². The van der Waals surface area contributed by atoms with Crippen LogP contribution in [0, 0.1) is 0 Å². The maximum absolute atomic E-state index is 6.13. The van der Waals surface area contributed by atoms with Crippen molar-refractivity contribution >= 4 is 16.5 Å². The van der Waals surface area contributed by atoms with Crippen molar-refractivity contribution in [2.75, 3.05) is 11.9 Å². The van der Waals surface area contributed by atoms with Gasteiger partial charge >= 0.3 is 0 Å². The first kappa shape index (κ1) is 12.6. The number of anilines is 1. The molecule has 100 valence electrons. The molecule has 0 saturated heterocycles. The van der Waals surface area contributed by atoms with Gasteiger partial charge in [0.2, 0.25) is 0 Å². The quantitative estimate of drug-likeness (QED) is 0.934. The average molecular weight is 274 g/mol. The van der Waals surface area contributed by atoms with Gasteiger partial charge in [-0.25, -0.2) is 4.98 Å². The SMILES string of the molecule is CN(Cc1ccncc1)c1nc2c(s1)CCCC2N. The van der Waals surface area contributed by atoms with Gasteiger partial charge < -0.3 is 10.6 Å². The minimum Gasteiger partial charge on any atom is -0.347 e. The van der Waals surface area contributed by atoms with Gasteiger partial charge in [0.25, 0.3) is 0 Å². The molecule has 2 N–H and O–H groups in total. The van der Waals surface area contributed by atoms with Gasteiger partial charge in [0.05, 0.1) is 5.69 Å². The zero-order chi connectivity index (χ0) is 13.2. The molecule has 2 heterocycles. The minimum atomic E-state index is 0.128. The van der Waals surface area contributed by atoms with Gasteiger partial charge in [0.1, 0.15) is 0 Å². The largest absolute Gasteiger partial charge is 0.347 e. The summed E-state index contributed by atoms with van der Waals surface area (Å²) in [7, 11) is 2.08. The van der Waals surface area contributed by atoms with Crippen LogP contribution in [0.4, 0.5) is 5.13 Å². The topological polar surface area (TPSA) is 55.0 Å². The second-order valence-corrected chi connectivity index (χ2v) is 6.08. The molecule has 0 bridgehead atoms. The van der Waals surface area contributed by atoms with E-state index in [-0.39, 0.29) is 6.04 Å². The third-order valence-corrected chi connectivity index (χ3v) is 4.73. The molecule has 2 aromatic rings. The summed E-state index contributed by atoms with van der Waals surface area (Å²) in [4.78, 5) is 12.3. The van der Waals surface area contributed by atoms with Crippen LogP contribution in [0.5, 0.6) is 0 Å². The van der Waals surface area contributed by atoms with Crippen molar-refractivity contribution in [3.05, 3.63) is 40.7 Å². The molecule has 5 heteroatoms. The van der Waals surface area contributed by atoms with Crippen molar-refractivity contribution < 1.29 is 0 Å². The fraction of sp³-hybridized carbons (Fsp3) is 0.429. The molecule has 4 nitrogen and oxygen atoms in total. The van der Waals surface area contributed by atoms with Crippen molar-refractivity contribution in [3.8, 4) is 0 Å². The molecule has 1 atom stereocenters. The first-order valence-electron chi connectivity index (χ1n) is 6.59. The molecule has 0 saturated carbocycles. The highest BCUT2D eigenvalue weighted by molar-refractivity contribution is 7.15. The Morgan fingerprint density at radius 1 is 1.42 bits per heavy atom. The number of pyridine rings is 1. The van der Waals surface area contributed by atoms with Gasteiger partial charge in [0, 0.05) is 36.9 Å². The molecule has 0 aliphatic heterocycles. The number of hydrogen-bond donors (Lipinski definition) is 1. The summed E-state index contributed by atoms with van der Waals surface area (Å²) in [6, 6.07) is 4.20. The van der Waals surface area contributed by atoms with E-state index in [1.165, 1.54) is 16.9 Å². The smallest absolute Gasteiger partial charge is 0.185 e. The number of thiazole rings is 1. The number of nitrogens with zero attached hydrogens (tertiary/aromatic N) is 3. The van der Waals surface area contributed by atoms with E-state index >= 15 is 0 Å². The Bertz CT molecular complexity index is 552. The molecule has 2 aromatic heterocycles. The zero-order valence-electron chi connectivity index (χ0n) is 11.0. The molecule has 0 fully saturated rings. The lowest BCUT2D eigenvalue weighted by Gasteiger charge is -2.16. The van der Waals surface area contributed by atoms with Crippen LogP contribution < -0.4 is 10.6 Å². The molecule has 0 aromatic carbocycles. The molecule has 1 aliphatic carbocycles. The Morgan fingerprint density at radius 3 is 2.95 bits per heavy atom. The fourth-order valence-electron chi connectivity index (χ4n) is 2.43. The van der Waals surface area contributed by atoms with Gasteiger partial charge in [0.15, 0.2) is 5.13 Å². The number of hydrogen-bond acceptors (Lipinski definition) is 5. The number of rotatable bonds is 3. The van der Waals surface area contributed by atoms with Crippen LogP contribution in [0.15, 0.2) is 24.5 Å². The van der Waals surface area contributed by atoms with Crippen LogP contribution >= 0.6 is 11.3 Å². The second kappa shape index (κ2) is 5.27. The maximum atomic E-state index is 6.13. The molecular weight excluding hydrogens is 256 g/mol. The predicted octanol–water partition coefficient (Wildman–Crippen LogP) is 2.51. The van der Waals surface area contributed by atoms with E-state index in [0.29, 0.717) is 0 Å². The number of aryl methyl sites for hydroxylation is 1. The van der Waals surface area contributed by atoms with Crippen molar-refractivity contribution in [3.63, 3.8) is 0 Å². The third kappa shape index (κ3) is 2.62. The lowest BCUT2D eigenvalue weighted by molar-refractivity contribution is 0.563. The molecule has 0 amide bonds. The molecule has 0 spiro atoms. The van der Waals surface area contributed by atoms with E-state index in [1.54, 1.807) is 11.3 Å². The monoisotopic (exact) mass is 274 g/mol. The molecule has 1 aliphatic rings. The predicted molar refractivity (Wildman–Crippen MR) is 78.3 cm³/mol. The molecule has 0 radical (unpaired) electrons. The molecular formula is C14H18N4S. The minimum absolute atomic E-state index is 0.128. The molecule has 1 unspecified atom stereocenters. The Balaban J connectivity index is 1.79. The number of aromatic nitrogens is 2. The Hall–Kier alpha value is -1.46. The highest BCUT2D eigenvalue weighted by Crippen LogP contribution is 2.35. The average Bonchev–Trinajstić information content (AvgIpc) is 2.85. The number of fused-ring (bicyclic) bond motifs is 1.